The SMILES string of the molecule is O=c1c(-c2ccc(N3CCOCC3)cc2)coc2cc(O)ccc12. The minimum Gasteiger partial charge on any atom is -0.508 e. The maximum atomic E-state index is 12.7. The molecular weight excluding hydrogens is 306 g/mol. The van der Waals surface area contributed by atoms with Crippen LogP contribution < -0.4 is 10.3 Å². The molecule has 1 aromatic heterocycles. The van der Waals surface area contributed by atoms with Gasteiger partial charge in [-0.2, -0.15) is 0 Å². The van der Waals surface area contributed by atoms with Crippen molar-refractivity contribution < 1.29 is 14.3 Å². The Morgan fingerprint density at radius 3 is 2.50 bits per heavy atom. The molecule has 24 heavy (non-hydrogen) atoms. The Kier molecular flexibility index (Phi) is 3.70. The van der Waals surface area contributed by atoms with Gasteiger partial charge in [0.2, 0.25) is 0 Å². The molecule has 1 aliphatic heterocycles. The fourth-order valence-electron chi connectivity index (χ4n) is 2.99. The first-order valence-corrected chi connectivity index (χ1v) is 7.90. The smallest absolute Gasteiger partial charge is 0.200 e. The standard InChI is InChI=1S/C19H17NO4/c21-15-5-6-16-18(11-15)24-12-17(19(16)22)13-1-3-14(4-2-13)20-7-9-23-10-8-20/h1-6,11-12,21H,7-10H2. The highest BCUT2D eigenvalue weighted by Crippen LogP contribution is 2.25. The summed E-state index contributed by atoms with van der Waals surface area (Å²) in [5.74, 6) is 0.0771. The van der Waals surface area contributed by atoms with E-state index in [-0.39, 0.29) is 11.2 Å². The summed E-state index contributed by atoms with van der Waals surface area (Å²) in [5.41, 5.74) is 2.73. The lowest BCUT2D eigenvalue weighted by Gasteiger charge is -2.28. The van der Waals surface area contributed by atoms with Crippen LogP contribution in [0.5, 0.6) is 5.75 Å². The number of phenols is 1. The summed E-state index contributed by atoms with van der Waals surface area (Å²) in [6.45, 7) is 3.23. The molecule has 5 nitrogen and oxygen atoms in total. The second-order valence-electron chi connectivity index (χ2n) is 5.81. The number of hydrogen-bond donors (Lipinski definition) is 1. The lowest BCUT2D eigenvalue weighted by atomic mass is 10.0. The van der Waals surface area contributed by atoms with Crippen molar-refractivity contribution in [1.82, 2.24) is 0 Å². The van der Waals surface area contributed by atoms with Crippen LogP contribution in [-0.4, -0.2) is 31.4 Å². The van der Waals surface area contributed by atoms with Crippen molar-refractivity contribution in [2.45, 2.75) is 0 Å². The Morgan fingerprint density at radius 2 is 1.75 bits per heavy atom. The average Bonchev–Trinajstić information content (AvgIpc) is 2.63. The minimum atomic E-state index is -0.102. The molecule has 0 bridgehead atoms. The second-order valence-corrected chi connectivity index (χ2v) is 5.81. The van der Waals surface area contributed by atoms with Crippen LogP contribution >= 0.6 is 0 Å². The van der Waals surface area contributed by atoms with Crippen molar-refractivity contribution in [3.05, 3.63) is 59.0 Å². The zero-order chi connectivity index (χ0) is 16.5. The highest BCUT2D eigenvalue weighted by atomic mass is 16.5. The van der Waals surface area contributed by atoms with Gasteiger partial charge in [0.15, 0.2) is 5.43 Å². The Morgan fingerprint density at radius 1 is 1.00 bits per heavy atom. The topological polar surface area (TPSA) is 62.9 Å². The Labute approximate surface area is 138 Å². The van der Waals surface area contributed by atoms with E-state index in [1.54, 1.807) is 6.07 Å². The summed E-state index contributed by atoms with van der Waals surface area (Å²) < 4.78 is 10.9. The van der Waals surface area contributed by atoms with Crippen molar-refractivity contribution in [2.24, 2.45) is 0 Å². The van der Waals surface area contributed by atoms with Gasteiger partial charge < -0.3 is 19.2 Å². The number of ether oxygens (including phenoxy) is 1. The second kappa shape index (κ2) is 6.02. The molecule has 0 amide bonds. The maximum absolute atomic E-state index is 12.7. The quantitative estimate of drug-likeness (QED) is 0.785. The van der Waals surface area contributed by atoms with Crippen molar-refractivity contribution in [2.75, 3.05) is 31.2 Å². The van der Waals surface area contributed by atoms with Gasteiger partial charge in [0, 0.05) is 24.8 Å². The van der Waals surface area contributed by atoms with E-state index in [2.05, 4.69) is 4.90 Å². The largest absolute Gasteiger partial charge is 0.508 e. The number of nitrogens with zero attached hydrogens (tertiary/aromatic N) is 1. The van der Waals surface area contributed by atoms with Crippen molar-refractivity contribution in [3.8, 4) is 16.9 Å². The number of phenolic OH excluding ortho intramolecular Hbond substituents is 1. The summed E-state index contributed by atoms with van der Waals surface area (Å²) >= 11 is 0. The molecule has 1 saturated heterocycles. The minimum absolute atomic E-state index is 0.0771. The molecule has 5 heteroatoms. The Hall–Kier alpha value is -2.79. The highest BCUT2D eigenvalue weighted by molar-refractivity contribution is 5.82. The molecule has 4 rings (SSSR count). The van der Waals surface area contributed by atoms with Gasteiger partial charge in [0.05, 0.1) is 24.2 Å². The fraction of sp³-hybridized carbons (Fsp3) is 0.211. The van der Waals surface area contributed by atoms with Gasteiger partial charge in [-0.05, 0) is 29.8 Å². The van der Waals surface area contributed by atoms with Crippen LogP contribution in [-0.2, 0) is 4.74 Å². The van der Waals surface area contributed by atoms with Crippen LogP contribution in [0.1, 0.15) is 0 Å². The van der Waals surface area contributed by atoms with E-state index in [0.29, 0.717) is 16.5 Å². The third kappa shape index (κ3) is 2.63. The lowest BCUT2D eigenvalue weighted by Crippen LogP contribution is -2.36. The number of morpholine rings is 1. The number of hydrogen-bond acceptors (Lipinski definition) is 5. The third-order valence-electron chi connectivity index (χ3n) is 4.31. The fourth-order valence-corrected chi connectivity index (χ4v) is 2.99. The molecule has 0 radical (unpaired) electrons. The third-order valence-corrected chi connectivity index (χ3v) is 4.31. The first-order valence-electron chi connectivity index (χ1n) is 7.90. The molecule has 1 aliphatic rings. The molecule has 1 N–H and O–H groups in total. The number of rotatable bonds is 2. The predicted molar refractivity (Wildman–Crippen MR) is 92.6 cm³/mol. The van der Waals surface area contributed by atoms with Gasteiger partial charge in [-0.15, -0.1) is 0 Å². The summed E-state index contributed by atoms with van der Waals surface area (Å²) in [6, 6.07) is 12.4. The maximum Gasteiger partial charge on any atom is 0.200 e. The summed E-state index contributed by atoms with van der Waals surface area (Å²) in [5, 5.41) is 9.95. The van der Waals surface area contributed by atoms with E-state index in [9.17, 15) is 9.90 Å². The summed E-state index contributed by atoms with van der Waals surface area (Å²) in [7, 11) is 0. The van der Waals surface area contributed by atoms with E-state index >= 15 is 0 Å². The first-order chi connectivity index (χ1) is 11.7. The lowest BCUT2D eigenvalue weighted by molar-refractivity contribution is 0.122. The van der Waals surface area contributed by atoms with E-state index in [4.69, 9.17) is 9.15 Å². The Bertz CT molecular complexity index is 924. The van der Waals surface area contributed by atoms with Gasteiger partial charge >= 0.3 is 0 Å². The molecule has 0 aliphatic carbocycles. The number of anilines is 1. The van der Waals surface area contributed by atoms with Gasteiger partial charge in [0.1, 0.15) is 17.6 Å². The van der Waals surface area contributed by atoms with Gasteiger partial charge in [-0.25, -0.2) is 0 Å². The van der Waals surface area contributed by atoms with E-state index < -0.39 is 0 Å². The number of benzene rings is 2. The molecule has 122 valence electrons. The van der Waals surface area contributed by atoms with Crippen molar-refractivity contribution in [3.63, 3.8) is 0 Å². The van der Waals surface area contributed by atoms with Crippen LogP contribution in [0.3, 0.4) is 0 Å². The zero-order valence-corrected chi connectivity index (χ0v) is 13.1. The van der Waals surface area contributed by atoms with Crippen LogP contribution in [0.4, 0.5) is 5.69 Å². The number of aromatic hydroxyl groups is 1. The molecule has 2 heterocycles. The molecule has 0 unspecified atom stereocenters. The normalized spacial score (nSPS) is 14.9. The average molecular weight is 323 g/mol. The zero-order valence-electron chi connectivity index (χ0n) is 13.1. The van der Waals surface area contributed by atoms with Crippen LogP contribution in [0.2, 0.25) is 0 Å². The van der Waals surface area contributed by atoms with E-state index in [0.717, 1.165) is 37.6 Å². The molecule has 1 fully saturated rings. The van der Waals surface area contributed by atoms with Crippen molar-refractivity contribution >= 4 is 16.7 Å². The molecule has 0 saturated carbocycles. The van der Waals surface area contributed by atoms with Crippen LogP contribution in [0.25, 0.3) is 22.1 Å². The molecule has 3 aromatic rings. The van der Waals surface area contributed by atoms with E-state index in [1.165, 1.54) is 18.4 Å². The van der Waals surface area contributed by atoms with Gasteiger partial charge in [-0.1, -0.05) is 12.1 Å². The van der Waals surface area contributed by atoms with Gasteiger partial charge in [0.25, 0.3) is 0 Å². The molecule has 2 aromatic carbocycles. The van der Waals surface area contributed by atoms with Crippen LogP contribution in [0.15, 0.2) is 57.9 Å². The predicted octanol–water partition coefficient (Wildman–Crippen LogP) is 3.00. The molecule has 0 spiro atoms. The van der Waals surface area contributed by atoms with Crippen molar-refractivity contribution in [1.29, 1.82) is 0 Å². The summed E-state index contributed by atoms with van der Waals surface area (Å²) in [4.78, 5) is 14.9. The Balaban J connectivity index is 1.71. The van der Waals surface area contributed by atoms with Gasteiger partial charge in [-0.3, -0.25) is 4.79 Å². The molecular formula is C19H17NO4. The first kappa shape index (κ1) is 14.8. The monoisotopic (exact) mass is 323 g/mol. The van der Waals surface area contributed by atoms with Crippen LogP contribution in [0, 0.1) is 0 Å². The highest BCUT2D eigenvalue weighted by Gasteiger charge is 2.13. The molecule has 0 atom stereocenters. The van der Waals surface area contributed by atoms with E-state index in [1.807, 2.05) is 24.3 Å². The summed E-state index contributed by atoms with van der Waals surface area (Å²) in [6.07, 6.45) is 1.45. The number of fused-ring (bicyclic) bond motifs is 1.